The van der Waals surface area contributed by atoms with Gasteiger partial charge in [0.25, 0.3) is 0 Å². The molecule has 3 aliphatic carbocycles. The molecule has 5 rings (SSSR count). The second kappa shape index (κ2) is 5.59. The molecule has 1 aromatic rings. The topological polar surface area (TPSA) is 32.3 Å². The Bertz CT molecular complexity index is 622. The highest BCUT2D eigenvalue weighted by atomic mass is 16.2. The Labute approximate surface area is 144 Å². The van der Waals surface area contributed by atoms with Gasteiger partial charge in [-0.1, -0.05) is 30.3 Å². The first-order valence-electron chi connectivity index (χ1n) is 9.80. The Hall–Kier alpha value is -1.35. The van der Waals surface area contributed by atoms with Gasteiger partial charge in [-0.2, -0.15) is 0 Å². The second-order valence-corrected chi connectivity index (χ2v) is 8.78. The standard InChI is InChI=1S/C21H28N2O/c24-20(21-12-16-10-17(13-21)19(21)11-16)22-18-6-8-23(9-7-18)14-15-4-2-1-3-5-15/h1-5,16-19H,6-14H2,(H,22,24). The number of carbonyl (C=O) groups is 1. The van der Waals surface area contributed by atoms with Crippen molar-refractivity contribution in [3.8, 4) is 0 Å². The molecule has 4 atom stereocenters. The van der Waals surface area contributed by atoms with Crippen molar-refractivity contribution in [2.75, 3.05) is 13.1 Å². The van der Waals surface area contributed by atoms with E-state index in [0.29, 0.717) is 11.9 Å². The highest BCUT2D eigenvalue weighted by molar-refractivity contribution is 5.85. The van der Waals surface area contributed by atoms with E-state index < -0.39 is 0 Å². The van der Waals surface area contributed by atoms with Crippen LogP contribution < -0.4 is 5.32 Å². The molecule has 4 aliphatic rings. The Morgan fingerprint density at radius 2 is 1.92 bits per heavy atom. The fourth-order valence-electron chi connectivity index (χ4n) is 6.28. The molecule has 1 N–H and O–H groups in total. The molecule has 3 saturated carbocycles. The van der Waals surface area contributed by atoms with Gasteiger partial charge in [0.1, 0.15) is 0 Å². The SMILES string of the molecule is O=C(NC1CCN(Cc2ccccc2)CC1)C12CC3CC(C1)C2C3. The number of hydrogen-bond donors (Lipinski definition) is 1. The molecule has 3 nitrogen and oxygen atoms in total. The van der Waals surface area contributed by atoms with Gasteiger partial charge in [-0.05, 0) is 61.8 Å². The van der Waals surface area contributed by atoms with Gasteiger partial charge in [-0.25, -0.2) is 0 Å². The summed E-state index contributed by atoms with van der Waals surface area (Å²) in [5, 5.41) is 3.44. The van der Waals surface area contributed by atoms with Crippen LogP contribution in [0.3, 0.4) is 0 Å². The van der Waals surface area contributed by atoms with E-state index in [1.807, 2.05) is 0 Å². The van der Waals surface area contributed by atoms with Crippen molar-refractivity contribution >= 4 is 5.91 Å². The minimum absolute atomic E-state index is 0.0642. The normalized spacial score (nSPS) is 38.1. The minimum atomic E-state index is 0.0642. The zero-order valence-electron chi connectivity index (χ0n) is 14.4. The van der Waals surface area contributed by atoms with Gasteiger partial charge in [-0.3, -0.25) is 9.69 Å². The number of piperidine rings is 1. The Morgan fingerprint density at radius 1 is 1.12 bits per heavy atom. The summed E-state index contributed by atoms with van der Waals surface area (Å²) < 4.78 is 0. The predicted octanol–water partition coefficient (Wildman–Crippen LogP) is 3.20. The molecular weight excluding hydrogens is 296 g/mol. The van der Waals surface area contributed by atoms with Gasteiger partial charge >= 0.3 is 0 Å². The quantitative estimate of drug-likeness (QED) is 0.922. The van der Waals surface area contributed by atoms with E-state index in [2.05, 4.69) is 40.5 Å². The van der Waals surface area contributed by atoms with Gasteiger partial charge in [-0.15, -0.1) is 0 Å². The number of fused-ring (bicyclic) bond motifs is 1. The summed E-state index contributed by atoms with van der Waals surface area (Å²) >= 11 is 0. The lowest BCUT2D eigenvalue weighted by atomic mass is 9.52. The van der Waals surface area contributed by atoms with Crippen molar-refractivity contribution in [3.05, 3.63) is 35.9 Å². The van der Waals surface area contributed by atoms with Crippen LogP contribution in [-0.4, -0.2) is 29.9 Å². The van der Waals surface area contributed by atoms with Crippen LogP contribution in [-0.2, 0) is 11.3 Å². The molecule has 1 heterocycles. The first kappa shape index (κ1) is 14.9. The number of hydrogen-bond acceptors (Lipinski definition) is 2. The Morgan fingerprint density at radius 3 is 2.58 bits per heavy atom. The summed E-state index contributed by atoms with van der Waals surface area (Å²) in [5.74, 6) is 2.91. The maximum absolute atomic E-state index is 12.9. The zero-order chi connectivity index (χ0) is 16.1. The van der Waals surface area contributed by atoms with Crippen molar-refractivity contribution in [1.29, 1.82) is 0 Å². The van der Waals surface area contributed by atoms with E-state index in [0.717, 1.165) is 50.2 Å². The molecule has 0 spiro atoms. The summed E-state index contributed by atoms with van der Waals surface area (Å²) in [7, 11) is 0. The number of nitrogens with zero attached hydrogens (tertiary/aromatic N) is 1. The third kappa shape index (κ3) is 2.32. The van der Waals surface area contributed by atoms with E-state index >= 15 is 0 Å². The maximum Gasteiger partial charge on any atom is 0.226 e. The first-order valence-corrected chi connectivity index (χ1v) is 9.80. The number of nitrogens with one attached hydrogen (secondary N) is 1. The van der Waals surface area contributed by atoms with E-state index in [4.69, 9.17) is 0 Å². The van der Waals surface area contributed by atoms with Crippen LogP contribution in [0.15, 0.2) is 30.3 Å². The van der Waals surface area contributed by atoms with E-state index in [1.54, 1.807) is 0 Å². The zero-order valence-corrected chi connectivity index (χ0v) is 14.4. The number of carbonyl (C=O) groups excluding carboxylic acids is 1. The lowest BCUT2D eigenvalue weighted by Gasteiger charge is -2.52. The third-order valence-corrected chi connectivity index (χ3v) is 7.41. The first-order chi connectivity index (χ1) is 11.7. The van der Waals surface area contributed by atoms with Crippen LogP contribution in [0.25, 0.3) is 0 Å². The highest BCUT2D eigenvalue weighted by Gasteiger charge is 2.67. The summed E-state index contributed by atoms with van der Waals surface area (Å²) in [6, 6.07) is 11.1. The van der Waals surface area contributed by atoms with Crippen LogP contribution in [0.4, 0.5) is 0 Å². The van der Waals surface area contributed by atoms with Crippen LogP contribution in [0.2, 0.25) is 0 Å². The molecule has 1 aliphatic heterocycles. The van der Waals surface area contributed by atoms with E-state index in [9.17, 15) is 4.79 Å². The molecule has 1 amide bonds. The molecule has 0 radical (unpaired) electrons. The molecule has 2 bridgehead atoms. The van der Waals surface area contributed by atoms with Crippen molar-refractivity contribution in [1.82, 2.24) is 10.2 Å². The van der Waals surface area contributed by atoms with Crippen LogP contribution >= 0.6 is 0 Å². The summed E-state index contributed by atoms with van der Waals surface area (Å²) in [6.07, 6.45) is 7.34. The van der Waals surface area contributed by atoms with Crippen molar-refractivity contribution < 1.29 is 4.79 Å². The third-order valence-electron chi connectivity index (χ3n) is 7.41. The summed E-state index contributed by atoms with van der Waals surface area (Å²) in [4.78, 5) is 15.4. The minimum Gasteiger partial charge on any atom is -0.353 e. The fraction of sp³-hybridized carbons (Fsp3) is 0.667. The highest BCUT2D eigenvalue weighted by Crippen LogP contribution is 2.70. The van der Waals surface area contributed by atoms with Gasteiger partial charge in [0.05, 0.1) is 5.41 Å². The fourth-order valence-corrected chi connectivity index (χ4v) is 6.28. The van der Waals surface area contributed by atoms with Crippen LogP contribution in [0.5, 0.6) is 0 Å². The summed E-state index contributed by atoms with van der Waals surface area (Å²) in [6.45, 7) is 3.24. The maximum atomic E-state index is 12.9. The van der Waals surface area contributed by atoms with Crippen molar-refractivity contribution in [2.45, 2.75) is 51.1 Å². The monoisotopic (exact) mass is 324 g/mol. The van der Waals surface area contributed by atoms with Gasteiger partial charge in [0.2, 0.25) is 5.91 Å². The second-order valence-electron chi connectivity index (χ2n) is 8.78. The molecule has 3 heteroatoms. The Balaban J connectivity index is 1.13. The number of benzene rings is 1. The van der Waals surface area contributed by atoms with Crippen LogP contribution in [0, 0.1) is 23.2 Å². The van der Waals surface area contributed by atoms with Gasteiger partial charge < -0.3 is 5.32 Å². The molecule has 24 heavy (non-hydrogen) atoms. The van der Waals surface area contributed by atoms with Gasteiger partial charge in [0, 0.05) is 25.7 Å². The average Bonchev–Trinajstić information content (AvgIpc) is 3.08. The molecule has 0 aromatic heterocycles. The average molecular weight is 324 g/mol. The lowest BCUT2D eigenvalue weighted by Crippen LogP contribution is -2.58. The number of rotatable bonds is 4. The summed E-state index contributed by atoms with van der Waals surface area (Å²) in [5.41, 5.74) is 1.45. The molecule has 1 saturated heterocycles. The predicted molar refractivity (Wildman–Crippen MR) is 94.3 cm³/mol. The Kier molecular flexibility index (Phi) is 3.48. The molecule has 1 aromatic carbocycles. The van der Waals surface area contributed by atoms with Crippen molar-refractivity contribution in [3.63, 3.8) is 0 Å². The molecule has 4 unspecified atom stereocenters. The number of likely N-dealkylation sites (tertiary alicyclic amines) is 1. The smallest absolute Gasteiger partial charge is 0.226 e. The molecular formula is C21H28N2O. The van der Waals surface area contributed by atoms with E-state index in [-0.39, 0.29) is 5.41 Å². The van der Waals surface area contributed by atoms with E-state index in [1.165, 1.54) is 31.2 Å². The van der Waals surface area contributed by atoms with Crippen molar-refractivity contribution in [2.24, 2.45) is 23.2 Å². The largest absolute Gasteiger partial charge is 0.353 e. The van der Waals surface area contributed by atoms with Crippen LogP contribution in [0.1, 0.15) is 44.1 Å². The molecule has 128 valence electrons. The van der Waals surface area contributed by atoms with Gasteiger partial charge in [0.15, 0.2) is 0 Å². The lowest BCUT2D eigenvalue weighted by molar-refractivity contribution is -0.149. The number of amides is 1. The molecule has 4 fully saturated rings.